The van der Waals surface area contributed by atoms with E-state index in [1.165, 1.54) is 23.1 Å². The van der Waals surface area contributed by atoms with Crippen LogP contribution in [0.2, 0.25) is 0 Å². The number of benzene rings is 2. The van der Waals surface area contributed by atoms with E-state index in [1.54, 1.807) is 0 Å². The van der Waals surface area contributed by atoms with E-state index < -0.39 is 0 Å². The van der Waals surface area contributed by atoms with Crippen LogP contribution in [-0.2, 0) is 4.79 Å². The smallest absolute Gasteiger partial charge is 0.277 e. The maximum absolute atomic E-state index is 12.3. The summed E-state index contributed by atoms with van der Waals surface area (Å²) < 4.78 is 12.9. The van der Waals surface area contributed by atoms with Gasteiger partial charge in [0.05, 0.1) is 28.1 Å². The molecule has 7 nitrogen and oxygen atoms in total. The molecule has 10 heteroatoms. The van der Waals surface area contributed by atoms with Crippen molar-refractivity contribution in [2.45, 2.75) is 12.1 Å². The highest BCUT2D eigenvalue weighted by atomic mass is 79.9. The topological polar surface area (TPSA) is 90.1 Å². The van der Waals surface area contributed by atoms with Crippen LogP contribution >= 0.6 is 39.0 Å². The van der Waals surface area contributed by atoms with Crippen LogP contribution in [0.3, 0.4) is 0 Å². The molecule has 4 rings (SSSR count). The van der Waals surface area contributed by atoms with Gasteiger partial charge in [-0.05, 0) is 53.2 Å². The molecule has 0 unspecified atom stereocenters. The molecule has 0 atom stereocenters. The van der Waals surface area contributed by atoms with Crippen molar-refractivity contribution in [2.24, 2.45) is 0 Å². The predicted octanol–water partition coefficient (Wildman–Crippen LogP) is 5.24. The van der Waals surface area contributed by atoms with Gasteiger partial charge in [0.15, 0.2) is 5.13 Å². The summed E-state index contributed by atoms with van der Waals surface area (Å²) in [7, 11) is 0. The molecular weight excluding hydrogens is 476 g/mol. The SMILES string of the molecule is CCOc1ccc2nc(NC(=O)CSc3nnc(-c4ccccc4Br)o3)sc2c1. The first-order valence-electron chi connectivity index (χ1n) is 8.67. The predicted molar refractivity (Wildman–Crippen MR) is 118 cm³/mol. The summed E-state index contributed by atoms with van der Waals surface area (Å²) >= 11 is 6.03. The summed E-state index contributed by atoms with van der Waals surface area (Å²) in [6, 6.07) is 13.2. The zero-order valence-electron chi connectivity index (χ0n) is 15.2. The number of carbonyl (C=O) groups excluding carboxylic acids is 1. The molecule has 148 valence electrons. The van der Waals surface area contributed by atoms with Crippen LogP contribution in [0.5, 0.6) is 5.75 Å². The minimum atomic E-state index is -0.195. The number of rotatable bonds is 7. The number of aromatic nitrogens is 3. The van der Waals surface area contributed by atoms with Gasteiger partial charge in [0.25, 0.3) is 5.22 Å². The summed E-state index contributed by atoms with van der Waals surface area (Å²) in [6.45, 7) is 2.54. The highest BCUT2D eigenvalue weighted by Crippen LogP contribution is 2.31. The van der Waals surface area contributed by atoms with E-state index in [-0.39, 0.29) is 11.7 Å². The number of amides is 1. The Labute approximate surface area is 183 Å². The summed E-state index contributed by atoms with van der Waals surface area (Å²) in [5.74, 6) is 1.13. The third-order valence-electron chi connectivity index (χ3n) is 3.75. The molecule has 0 saturated carbocycles. The summed E-state index contributed by atoms with van der Waals surface area (Å²) in [5.41, 5.74) is 1.62. The molecule has 2 heterocycles. The maximum Gasteiger partial charge on any atom is 0.277 e. The van der Waals surface area contributed by atoms with Crippen molar-refractivity contribution < 1.29 is 13.9 Å². The van der Waals surface area contributed by atoms with Crippen molar-refractivity contribution in [3.8, 4) is 17.2 Å². The van der Waals surface area contributed by atoms with Crippen LogP contribution in [0.4, 0.5) is 5.13 Å². The van der Waals surface area contributed by atoms with Crippen molar-refractivity contribution in [1.29, 1.82) is 0 Å². The van der Waals surface area contributed by atoms with Crippen molar-refractivity contribution >= 4 is 60.3 Å². The van der Waals surface area contributed by atoms with E-state index >= 15 is 0 Å². The molecule has 0 radical (unpaired) electrons. The molecular formula is C19H15BrN4O3S2. The molecule has 0 aliphatic heterocycles. The Bertz CT molecular complexity index is 1160. The number of fused-ring (bicyclic) bond motifs is 1. The lowest BCUT2D eigenvalue weighted by Gasteiger charge is -2.00. The summed E-state index contributed by atoms with van der Waals surface area (Å²) in [5, 5.41) is 11.7. The third kappa shape index (κ3) is 4.77. The molecule has 0 fully saturated rings. The first-order chi connectivity index (χ1) is 14.1. The van der Waals surface area contributed by atoms with Gasteiger partial charge in [-0.15, -0.1) is 10.2 Å². The number of anilines is 1. The van der Waals surface area contributed by atoms with Gasteiger partial charge < -0.3 is 14.5 Å². The molecule has 4 aromatic rings. The van der Waals surface area contributed by atoms with E-state index in [9.17, 15) is 4.79 Å². The fourth-order valence-corrected chi connectivity index (χ4v) is 4.44. The number of carbonyl (C=O) groups is 1. The Balaban J connectivity index is 1.37. The lowest BCUT2D eigenvalue weighted by atomic mass is 10.2. The van der Waals surface area contributed by atoms with Crippen LogP contribution in [0, 0.1) is 0 Å². The lowest BCUT2D eigenvalue weighted by molar-refractivity contribution is -0.113. The van der Waals surface area contributed by atoms with E-state index in [0.717, 1.165) is 26.0 Å². The van der Waals surface area contributed by atoms with Crippen molar-refractivity contribution in [2.75, 3.05) is 17.7 Å². The normalized spacial score (nSPS) is 11.0. The van der Waals surface area contributed by atoms with E-state index in [4.69, 9.17) is 9.15 Å². The van der Waals surface area contributed by atoms with Crippen molar-refractivity contribution in [3.05, 3.63) is 46.9 Å². The van der Waals surface area contributed by atoms with Gasteiger partial charge in [-0.1, -0.05) is 35.2 Å². The number of nitrogens with one attached hydrogen (secondary N) is 1. The van der Waals surface area contributed by atoms with Gasteiger partial charge >= 0.3 is 0 Å². The number of thioether (sulfide) groups is 1. The summed E-state index contributed by atoms with van der Waals surface area (Å²) in [4.78, 5) is 16.7. The Kier molecular flexibility index (Phi) is 6.12. The molecule has 0 bridgehead atoms. The van der Waals surface area contributed by atoms with Crippen molar-refractivity contribution in [3.63, 3.8) is 0 Å². The van der Waals surface area contributed by atoms with E-state index in [0.29, 0.717) is 22.9 Å². The quantitative estimate of drug-likeness (QED) is 0.354. The highest BCUT2D eigenvalue weighted by molar-refractivity contribution is 9.10. The Hall–Kier alpha value is -2.43. The van der Waals surface area contributed by atoms with E-state index in [2.05, 4.69) is 36.4 Å². The maximum atomic E-state index is 12.3. The van der Waals surface area contributed by atoms with Gasteiger partial charge in [0, 0.05) is 4.47 Å². The second-order valence-electron chi connectivity index (χ2n) is 5.77. The molecule has 2 aromatic heterocycles. The largest absolute Gasteiger partial charge is 0.494 e. The van der Waals surface area contributed by atoms with Gasteiger partial charge in [-0.3, -0.25) is 4.79 Å². The Morgan fingerprint density at radius 3 is 2.97 bits per heavy atom. The first kappa shape index (κ1) is 19.9. The van der Waals surface area contributed by atoms with Crippen LogP contribution in [0.25, 0.3) is 21.7 Å². The number of thiazole rings is 1. The van der Waals surface area contributed by atoms with Crippen LogP contribution in [-0.4, -0.2) is 33.4 Å². The average molecular weight is 491 g/mol. The van der Waals surface area contributed by atoms with Crippen molar-refractivity contribution in [1.82, 2.24) is 15.2 Å². The fraction of sp³-hybridized carbons (Fsp3) is 0.158. The average Bonchev–Trinajstić information content (AvgIpc) is 3.33. The van der Waals surface area contributed by atoms with Gasteiger partial charge in [-0.25, -0.2) is 4.98 Å². The molecule has 2 aromatic carbocycles. The van der Waals surface area contributed by atoms with Gasteiger partial charge in [0.1, 0.15) is 5.75 Å². The second kappa shape index (κ2) is 8.93. The fourth-order valence-electron chi connectivity index (χ4n) is 2.51. The third-order valence-corrected chi connectivity index (χ3v) is 6.20. The zero-order valence-corrected chi connectivity index (χ0v) is 18.4. The van der Waals surface area contributed by atoms with Crippen LogP contribution in [0.1, 0.15) is 6.92 Å². The molecule has 0 aliphatic carbocycles. The monoisotopic (exact) mass is 490 g/mol. The highest BCUT2D eigenvalue weighted by Gasteiger charge is 2.14. The van der Waals surface area contributed by atoms with E-state index in [1.807, 2.05) is 49.4 Å². The molecule has 1 amide bonds. The number of hydrogen-bond acceptors (Lipinski definition) is 8. The Morgan fingerprint density at radius 1 is 1.28 bits per heavy atom. The molecule has 0 saturated heterocycles. The first-order valence-corrected chi connectivity index (χ1v) is 11.3. The van der Waals surface area contributed by atoms with Gasteiger partial charge in [0.2, 0.25) is 11.8 Å². The minimum absolute atomic E-state index is 0.137. The second-order valence-corrected chi connectivity index (χ2v) is 8.58. The molecule has 1 N–H and O–H groups in total. The van der Waals surface area contributed by atoms with Crippen LogP contribution < -0.4 is 10.1 Å². The minimum Gasteiger partial charge on any atom is -0.494 e. The summed E-state index contributed by atoms with van der Waals surface area (Å²) in [6.07, 6.45) is 0. The Morgan fingerprint density at radius 2 is 2.14 bits per heavy atom. The molecule has 0 aliphatic rings. The number of nitrogens with zero attached hydrogens (tertiary/aromatic N) is 3. The number of hydrogen-bond donors (Lipinski definition) is 1. The lowest BCUT2D eigenvalue weighted by Crippen LogP contribution is -2.13. The standard InChI is InChI=1S/C19H15BrN4O3S2/c1-2-26-11-7-8-14-15(9-11)29-18(21-14)22-16(25)10-28-19-24-23-17(27-19)12-5-3-4-6-13(12)20/h3-9H,2,10H2,1H3,(H,21,22,25). The number of halogens is 1. The number of ether oxygens (including phenoxy) is 1. The van der Waals surface area contributed by atoms with Gasteiger partial charge in [-0.2, -0.15) is 0 Å². The molecule has 0 spiro atoms. The molecule has 29 heavy (non-hydrogen) atoms. The van der Waals surface area contributed by atoms with Crippen LogP contribution in [0.15, 0.2) is 56.6 Å². The zero-order chi connectivity index (χ0) is 20.2.